The smallest absolute Gasteiger partial charge is 0.194 e. The minimum atomic E-state index is -4.44. The molecule has 1 fully saturated rings. The highest BCUT2D eigenvalue weighted by Crippen LogP contribution is 2.44. The van der Waals surface area contributed by atoms with Crippen LogP contribution >= 0.6 is 0 Å². The second-order valence-electron chi connectivity index (χ2n) is 5.98. The van der Waals surface area contributed by atoms with Gasteiger partial charge in [0, 0.05) is 0 Å². The lowest BCUT2D eigenvalue weighted by atomic mass is 9.70. The molecular weight excluding hydrogens is 215 g/mol. The van der Waals surface area contributed by atoms with Gasteiger partial charge in [0.1, 0.15) is 0 Å². The van der Waals surface area contributed by atoms with E-state index in [1.807, 2.05) is 0 Å². The summed E-state index contributed by atoms with van der Waals surface area (Å²) in [5.41, 5.74) is 0.284. The standard InChI is InChI=1S/C11H21FO2S/c1-10(2)7-5-9(6-8-10)11(3,4)15(12,13)14/h9H,5-8H2,1-4H3. The van der Waals surface area contributed by atoms with E-state index in [1.165, 1.54) is 13.8 Å². The van der Waals surface area contributed by atoms with Crippen molar-refractivity contribution in [3.63, 3.8) is 0 Å². The van der Waals surface area contributed by atoms with Gasteiger partial charge in [0.15, 0.2) is 0 Å². The fraction of sp³-hybridized carbons (Fsp3) is 1.00. The van der Waals surface area contributed by atoms with Crippen LogP contribution in [0.3, 0.4) is 0 Å². The molecule has 0 amide bonds. The predicted octanol–water partition coefficient (Wildman–Crippen LogP) is 3.28. The van der Waals surface area contributed by atoms with Crippen LogP contribution in [0.5, 0.6) is 0 Å². The van der Waals surface area contributed by atoms with Gasteiger partial charge in [0.25, 0.3) is 0 Å². The molecule has 0 radical (unpaired) electrons. The van der Waals surface area contributed by atoms with Gasteiger partial charge in [0.2, 0.25) is 0 Å². The molecule has 0 bridgehead atoms. The Morgan fingerprint density at radius 1 is 1.20 bits per heavy atom. The van der Waals surface area contributed by atoms with E-state index in [0.717, 1.165) is 25.7 Å². The first-order valence-electron chi connectivity index (χ1n) is 5.50. The highest BCUT2D eigenvalue weighted by Gasteiger charge is 2.44. The Bertz CT molecular complexity index is 320. The molecule has 0 aliphatic heterocycles. The maximum absolute atomic E-state index is 13.1. The highest BCUT2D eigenvalue weighted by atomic mass is 32.3. The SMILES string of the molecule is CC1(C)CCC(C(C)(C)S(=O)(=O)F)CC1. The minimum absolute atomic E-state index is 0.0412. The Kier molecular flexibility index (Phi) is 3.21. The lowest BCUT2D eigenvalue weighted by Gasteiger charge is -2.39. The maximum atomic E-state index is 13.1. The van der Waals surface area contributed by atoms with E-state index in [9.17, 15) is 12.3 Å². The third-order valence-corrected chi connectivity index (χ3v) is 5.54. The second-order valence-corrected chi connectivity index (χ2v) is 7.91. The number of rotatable bonds is 2. The van der Waals surface area contributed by atoms with Crippen molar-refractivity contribution >= 4 is 10.2 Å². The van der Waals surface area contributed by atoms with E-state index in [2.05, 4.69) is 13.8 Å². The Hall–Kier alpha value is -0.120. The third-order valence-electron chi connectivity index (χ3n) is 3.95. The summed E-state index contributed by atoms with van der Waals surface area (Å²) in [6.07, 6.45) is 3.58. The van der Waals surface area contributed by atoms with Crippen LogP contribution < -0.4 is 0 Å². The monoisotopic (exact) mass is 236 g/mol. The van der Waals surface area contributed by atoms with E-state index in [0.29, 0.717) is 0 Å². The summed E-state index contributed by atoms with van der Waals surface area (Å²) in [5, 5.41) is 0. The first-order valence-corrected chi connectivity index (χ1v) is 6.89. The molecule has 0 spiro atoms. The molecule has 15 heavy (non-hydrogen) atoms. The summed E-state index contributed by atoms with van der Waals surface area (Å²) < 4.78 is 34.0. The second kappa shape index (κ2) is 3.72. The van der Waals surface area contributed by atoms with E-state index >= 15 is 0 Å². The summed E-state index contributed by atoms with van der Waals surface area (Å²) in [5.74, 6) is -0.0412. The van der Waals surface area contributed by atoms with Crippen LogP contribution in [-0.4, -0.2) is 13.2 Å². The molecule has 0 saturated heterocycles. The molecule has 0 unspecified atom stereocenters. The van der Waals surface area contributed by atoms with Gasteiger partial charge in [-0.05, 0) is 50.9 Å². The molecule has 0 aromatic carbocycles. The van der Waals surface area contributed by atoms with Crippen molar-refractivity contribution < 1.29 is 12.3 Å². The molecule has 4 heteroatoms. The van der Waals surface area contributed by atoms with Crippen molar-refractivity contribution in [2.45, 2.75) is 58.1 Å². The Morgan fingerprint density at radius 3 is 1.93 bits per heavy atom. The third kappa shape index (κ3) is 2.71. The van der Waals surface area contributed by atoms with Gasteiger partial charge in [-0.25, -0.2) is 0 Å². The predicted molar refractivity (Wildman–Crippen MR) is 59.8 cm³/mol. The lowest BCUT2D eigenvalue weighted by molar-refractivity contribution is 0.166. The largest absolute Gasteiger partial charge is 0.307 e. The molecule has 1 saturated carbocycles. The van der Waals surface area contributed by atoms with E-state index in [1.54, 1.807) is 0 Å². The zero-order valence-corrected chi connectivity index (χ0v) is 10.8. The van der Waals surface area contributed by atoms with Crippen LogP contribution in [0.25, 0.3) is 0 Å². The average molecular weight is 236 g/mol. The summed E-state index contributed by atoms with van der Waals surface area (Å²) >= 11 is 0. The maximum Gasteiger partial charge on any atom is 0.307 e. The van der Waals surface area contributed by atoms with Crippen molar-refractivity contribution in [3.05, 3.63) is 0 Å². The average Bonchev–Trinajstić information content (AvgIpc) is 2.01. The van der Waals surface area contributed by atoms with E-state index in [4.69, 9.17) is 0 Å². The van der Waals surface area contributed by atoms with Crippen LogP contribution in [0.15, 0.2) is 0 Å². The Labute approximate surface area is 92.5 Å². The van der Waals surface area contributed by atoms with Crippen LogP contribution in [-0.2, 0) is 10.2 Å². The summed E-state index contributed by atoms with van der Waals surface area (Å²) in [6.45, 7) is 7.37. The van der Waals surface area contributed by atoms with Gasteiger partial charge in [-0.2, -0.15) is 8.42 Å². The van der Waals surface area contributed by atoms with E-state index in [-0.39, 0.29) is 11.3 Å². The van der Waals surface area contributed by atoms with Gasteiger partial charge in [-0.3, -0.25) is 0 Å². The van der Waals surface area contributed by atoms with Crippen LogP contribution in [0.1, 0.15) is 53.4 Å². The van der Waals surface area contributed by atoms with E-state index < -0.39 is 15.0 Å². The molecule has 90 valence electrons. The first kappa shape index (κ1) is 12.9. The van der Waals surface area contributed by atoms with Crippen molar-refractivity contribution in [2.24, 2.45) is 11.3 Å². The molecule has 0 heterocycles. The van der Waals surface area contributed by atoms with Crippen LogP contribution in [0.4, 0.5) is 3.89 Å². The topological polar surface area (TPSA) is 34.1 Å². The quantitative estimate of drug-likeness (QED) is 0.689. The summed E-state index contributed by atoms with van der Waals surface area (Å²) in [6, 6.07) is 0. The summed E-state index contributed by atoms with van der Waals surface area (Å²) in [7, 11) is -4.44. The molecule has 1 rings (SSSR count). The molecule has 1 aliphatic carbocycles. The van der Waals surface area contributed by atoms with Crippen molar-refractivity contribution in [1.29, 1.82) is 0 Å². The minimum Gasteiger partial charge on any atom is -0.194 e. The van der Waals surface area contributed by atoms with Crippen LogP contribution in [0, 0.1) is 11.3 Å². The molecule has 0 aromatic rings. The van der Waals surface area contributed by atoms with Crippen LogP contribution in [0.2, 0.25) is 0 Å². The molecular formula is C11H21FO2S. The zero-order valence-electron chi connectivity index (χ0n) is 10.0. The number of hydrogen-bond acceptors (Lipinski definition) is 2. The fourth-order valence-electron chi connectivity index (χ4n) is 2.29. The Morgan fingerprint density at radius 2 is 1.60 bits per heavy atom. The molecule has 1 aliphatic rings. The highest BCUT2D eigenvalue weighted by molar-refractivity contribution is 7.87. The molecule has 0 atom stereocenters. The number of halogens is 1. The fourth-order valence-corrected chi connectivity index (χ4v) is 2.93. The van der Waals surface area contributed by atoms with Gasteiger partial charge in [0.05, 0.1) is 4.75 Å². The lowest BCUT2D eigenvalue weighted by Crippen LogP contribution is -2.40. The van der Waals surface area contributed by atoms with Gasteiger partial charge < -0.3 is 0 Å². The van der Waals surface area contributed by atoms with Gasteiger partial charge in [-0.15, -0.1) is 3.89 Å². The normalized spacial score (nSPS) is 24.1. The molecule has 0 N–H and O–H groups in total. The van der Waals surface area contributed by atoms with Crippen molar-refractivity contribution in [3.8, 4) is 0 Å². The first-order chi connectivity index (χ1) is 6.56. The van der Waals surface area contributed by atoms with Gasteiger partial charge >= 0.3 is 10.2 Å². The number of hydrogen-bond donors (Lipinski definition) is 0. The summed E-state index contributed by atoms with van der Waals surface area (Å²) in [4.78, 5) is 0. The van der Waals surface area contributed by atoms with Gasteiger partial charge in [-0.1, -0.05) is 13.8 Å². The molecule has 0 aromatic heterocycles. The Balaban J connectivity index is 2.77. The molecule has 2 nitrogen and oxygen atoms in total. The zero-order chi connectivity index (χ0) is 11.9. The van der Waals surface area contributed by atoms with Crippen molar-refractivity contribution in [1.82, 2.24) is 0 Å². The van der Waals surface area contributed by atoms with Crippen molar-refractivity contribution in [2.75, 3.05) is 0 Å².